The van der Waals surface area contributed by atoms with Crippen LogP contribution in [0.4, 0.5) is 0 Å². The van der Waals surface area contributed by atoms with Gasteiger partial charge < -0.3 is 10.1 Å². The monoisotopic (exact) mass is 213 g/mol. The number of hydrogen-bond acceptors (Lipinski definition) is 2. The number of rotatable bonds is 7. The molecule has 2 nitrogen and oxygen atoms in total. The Hall–Kier alpha value is -0.0800. The second-order valence-corrected chi connectivity index (χ2v) is 4.77. The highest BCUT2D eigenvalue weighted by molar-refractivity contribution is 4.72. The molecule has 1 atom stereocenters. The van der Waals surface area contributed by atoms with E-state index in [-0.39, 0.29) is 0 Å². The van der Waals surface area contributed by atoms with E-state index in [1.165, 1.54) is 44.9 Å². The average molecular weight is 213 g/mol. The van der Waals surface area contributed by atoms with Crippen molar-refractivity contribution in [1.29, 1.82) is 0 Å². The highest BCUT2D eigenvalue weighted by atomic mass is 16.5. The fourth-order valence-electron chi connectivity index (χ4n) is 2.41. The standard InChI is InChI=1S/C13H27NO/c1-3-4-5-6-13(14-2)11-12-7-9-15-10-8-12/h12-14H,3-11H2,1-2H3. The van der Waals surface area contributed by atoms with Crippen LogP contribution in [-0.2, 0) is 4.74 Å². The Morgan fingerprint density at radius 2 is 2.00 bits per heavy atom. The third-order valence-electron chi connectivity index (χ3n) is 3.52. The largest absolute Gasteiger partial charge is 0.381 e. The SMILES string of the molecule is CCCCCC(CC1CCOCC1)NC. The van der Waals surface area contributed by atoms with Crippen LogP contribution in [0.15, 0.2) is 0 Å². The minimum absolute atomic E-state index is 0.736. The molecule has 1 aliphatic rings. The lowest BCUT2D eigenvalue weighted by molar-refractivity contribution is 0.0604. The van der Waals surface area contributed by atoms with Crippen LogP contribution in [0, 0.1) is 5.92 Å². The van der Waals surface area contributed by atoms with Crippen LogP contribution in [0.25, 0.3) is 0 Å². The van der Waals surface area contributed by atoms with Crippen molar-refractivity contribution >= 4 is 0 Å². The molecule has 0 aliphatic carbocycles. The Balaban J connectivity index is 2.13. The molecule has 1 aliphatic heterocycles. The smallest absolute Gasteiger partial charge is 0.0468 e. The minimum Gasteiger partial charge on any atom is -0.381 e. The van der Waals surface area contributed by atoms with Crippen LogP contribution in [0.5, 0.6) is 0 Å². The van der Waals surface area contributed by atoms with E-state index in [9.17, 15) is 0 Å². The summed E-state index contributed by atoms with van der Waals surface area (Å²) in [5.41, 5.74) is 0. The summed E-state index contributed by atoms with van der Waals surface area (Å²) in [6.45, 7) is 4.24. The van der Waals surface area contributed by atoms with Gasteiger partial charge >= 0.3 is 0 Å². The van der Waals surface area contributed by atoms with Gasteiger partial charge in [0.1, 0.15) is 0 Å². The maximum Gasteiger partial charge on any atom is 0.0468 e. The van der Waals surface area contributed by atoms with Gasteiger partial charge in [-0.2, -0.15) is 0 Å². The van der Waals surface area contributed by atoms with E-state index >= 15 is 0 Å². The summed E-state index contributed by atoms with van der Waals surface area (Å²) in [6, 6.07) is 0.736. The molecular formula is C13H27NO. The zero-order chi connectivity index (χ0) is 10.9. The summed E-state index contributed by atoms with van der Waals surface area (Å²) in [7, 11) is 2.11. The van der Waals surface area contributed by atoms with Gasteiger partial charge in [0.05, 0.1) is 0 Å². The number of nitrogens with one attached hydrogen (secondary N) is 1. The van der Waals surface area contributed by atoms with Crippen LogP contribution in [0.3, 0.4) is 0 Å². The second kappa shape index (κ2) is 8.12. The fraction of sp³-hybridized carbons (Fsp3) is 1.00. The number of hydrogen-bond donors (Lipinski definition) is 1. The van der Waals surface area contributed by atoms with E-state index in [1.54, 1.807) is 0 Å². The Bertz CT molecular complexity index is 143. The molecule has 0 saturated carbocycles. The second-order valence-electron chi connectivity index (χ2n) is 4.77. The summed E-state index contributed by atoms with van der Waals surface area (Å²) >= 11 is 0. The van der Waals surface area contributed by atoms with Crippen molar-refractivity contribution in [3.05, 3.63) is 0 Å². The van der Waals surface area contributed by atoms with Gasteiger partial charge in [-0.25, -0.2) is 0 Å². The van der Waals surface area contributed by atoms with Gasteiger partial charge in [-0.1, -0.05) is 26.2 Å². The van der Waals surface area contributed by atoms with Crippen molar-refractivity contribution in [1.82, 2.24) is 5.32 Å². The van der Waals surface area contributed by atoms with Gasteiger partial charge in [0.2, 0.25) is 0 Å². The lowest BCUT2D eigenvalue weighted by atomic mass is 9.90. The normalized spacial score (nSPS) is 20.4. The first-order valence-electron chi connectivity index (χ1n) is 6.61. The van der Waals surface area contributed by atoms with Crippen LogP contribution in [0.1, 0.15) is 51.9 Å². The number of unbranched alkanes of at least 4 members (excludes halogenated alkanes) is 2. The minimum atomic E-state index is 0.736. The highest BCUT2D eigenvalue weighted by Crippen LogP contribution is 2.21. The summed E-state index contributed by atoms with van der Waals surface area (Å²) in [4.78, 5) is 0. The molecule has 1 saturated heterocycles. The summed E-state index contributed by atoms with van der Waals surface area (Å²) in [5, 5.41) is 3.47. The summed E-state index contributed by atoms with van der Waals surface area (Å²) in [5.74, 6) is 0.901. The van der Waals surface area contributed by atoms with Crippen LogP contribution in [0.2, 0.25) is 0 Å². The van der Waals surface area contributed by atoms with Crippen molar-refractivity contribution in [3.63, 3.8) is 0 Å². The van der Waals surface area contributed by atoms with Crippen molar-refractivity contribution in [3.8, 4) is 0 Å². The summed E-state index contributed by atoms with van der Waals surface area (Å²) < 4.78 is 5.39. The molecule has 1 unspecified atom stereocenters. The Morgan fingerprint density at radius 1 is 1.27 bits per heavy atom. The van der Waals surface area contributed by atoms with Gasteiger partial charge in [-0.3, -0.25) is 0 Å². The van der Waals surface area contributed by atoms with Gasteiger partial charge in [-0.05, 0) is 38.6 Å². The van der Waals surface area contributed by atoms with E-state index in [0.717, 1.165) is 25.2 Å². The lowest BCUT2D eigenvalue weighted by Gasteiger charge is -2.26. The zero-order valence-corrected chi connectivity index (χ0v) is 10.4. The van der Waals surface area contributed by atoms with Crippen LogP contribution >= 0.6 is 0 Å². The van der Waals surface area contributed by atoms with E-state index < -0.39 is 0 Å². The molecule has 1 heterocycles. The third-order valence-corrected chi connectivity index (χ3v) is 3.52. The molecule has 2 heteroatoms. The Kier molecular flexibility index (Phi) is 7.03. The molecular weight excluding hydrogens is 186 g/mol. The highest BCUT2D eigenvalue weighted by Gasteiger charge is 2.17. The first-order valence-corrected chi connectivity index (χ1v) is 6.61. The molecule has 15 heavy (non-hydrogen) atoms. The number of ether oxygens (including phenoxy) is 1. The topological polar surface area (TPSA) is 21.3 Å². The molecule has 90 valence electrons. The van der Waals surface area contributed by atoms with E-state index in [4.69, 9.17) is 4.74 Å². The van der Waals surface area contributed by atoms with Crippen LogP contribution in [-0.4, -0.2) is 26.3 Å². The third kappa shape index (κ3) is 5.53. The molecule has 0 spiro atoms. The predicted octanol–water partition coefficient (Wildman–Crippen LogP) is 2.97. The maximum atomic E-state index is 5.39. The molecule has 1 fully saturated rings. The molecule has 0 aromatic carbocycles. The molecule has 0 aromatic heterocycles. The Morgan fingerprint density at radius 3 is 2.60 bits per heavy atom. The van der Waals surface area contributed by atoms with Gasteiger partial charge in [-0.15, -0.1) is 0 Å². The molecule has 1 rings (SSSR count). The van der Waals surface area contributed by atoms with E-state index in [1.807, 2.05) is 0 Å². The quantitative estimate of drug-likeness (QED) is 0.656. The van der Waals surface area contributed by atoms with E-state index in [2.05, 4.69) is 19.3 Å². The zero-order valence-electron chi connectivity index (χ0n) is 10.4. The van der Waals surface area contributed by atoms with Crippen molar-refractivity contribution in [2.24, 2.45) is 5.92 Å². The summed E-state index contributed by atoms with van der Waals surface area (Å²) in [6.07, 6.45) is 9.33. The molecule has 0 radical (unpaired) electrons. The molecule has 0 aromatic rings. The van der Waals surface area contributed by atoms with Gasteiger partial charge in [0.15, 0.2) is 0 Å². The fourth-order valence-corrected chi connectivity index (χ4v) is 2.41. The van der Waals surface area contributed by atoms with Crippen molar-refractivity contribution in [2.75, 3.05) is 20.3 Å². The molecule has 1 N–H and O–H groups in total. The predicted molar refractivity (Wildman–Crippen MR) is 65.1 cm³/mol. The first kappa shape index (κ1) is 13.0. The lowest BCUT2D eigenvalue weighted by Crippen LogP contribution is -2.30. The first-order chi connectivity index (χ1) is 7.36. The van der Waals surface area contributed by atoms with Gasteiger partial charge in [0.25, 0.3) is 0 Å². The van der Waals surface area contributed by atoms with Crippen molar-refractivity contribution < 1.29 is 4.74 Å². The van der Waals surface area contributed by atoms with Crippen LogP contribution < -0.4 is 5.32 Å². The molecule has 0 amide bonds. The van der Waals surface area contributed by atoms with Gasteiger partial charge in [0, 0.05) is 19.3 Å². The Labute approximate surface area is 94.8 Å². The average Bonchev–Trinajstić information content (AvgIpc) is 2.29. The van der Waals surface area contributed by atoms with E-state index in [0.29, 0.717) is 0 Å². The van der Waals surface area contributed by atoms with Crippen molar-refractivity contribution in [2.45, 2.75) is 57.9 Å². The molecule has 0 bridgehead atoms. The maximum absolute atomic E-state index is 5.39.